The van der Waals surface area contributed by atoms with Crippen LogP contribution in [0.3, 0.4) is 0 Å². The van der Waals surface area contributed by atoms with Crippen LogP contribution >= 0.6 is 0 Å². The predicted octanol–water partition coefficient (Wildman–Crippen LogP) is 2.46. The molecule has 0 amide bonds. The second-order valence-corrected chi connectivity index (χ2v) is 9.44. The van der Waals surface area contributed by atoms with E-state index in [-0.39, 0.29) is 5.75 Å². The van der Waals surface area contributed by atoms with Crippen molar-refractivity contribution in [2.45, 2.75) is 70.1 Å². The van der Waals surface area contributed by atoms with Gasteiger partial charge in [0, 0.05) is 57.5 Å². The van der Waals surface area contributed by atoms with E-state index in [2.05, 4.69) is 14.9 Å². The molecule has 3 aliphatic heterocycles. The summed E-state index contributed by atoms with van der Waals surface area (Å²) >= 11 is 0. The van der Waals surface area contributed by atoms with E-state index >= 15 is 0 Å². The third kappa shape index (κ3) is 5.24. The van der Waals surface area contributed by atoms with E-state index in [1.54, 1.807) is 4.68 Å². The van der Waals surface area contributed by atoms with Gasteiger partial charge in [0.1, 0.15) is 11.8 Å². The first-order valence-electron chi connectivity index (χ1n) is 12.5. The molecule has 1 unspecified atom stereocenters. The van der Waals surface area contributed by atoms with Crippen molar-refractivity contribution >= 4 is 11.9 Å². The fourth-order valence-electron chi connectivity index (χ4n) is 5.49. The number of ether oxygens (including phenoxy) is 3. The Morgan fingerprint density at radius 2 is 1.73 bits per heavy atom. The average Bonchev–Trinajstić information content (AvgIpc) is 3.21. The zero-order valence-corrected chi connectivity index (χ0v) is 19.2. The number of carbonyl (C=O) groups is 2. The zero-order valence-electron chi connectivity index (χ0n) is 19.2. The van der Waals surface area contributed by atoms with Gasteiger partial charge in [0.2, 0.25) is 5.75 Å². The summed E-state index contributed by atoms with van der Waals surface area (Å²) in [5, 5.41) is 4.51. The van der Waals surface area contributed by atoms with Crippen LogP contribution in [-0.4, -0.2) is 76.9 Å². The van der Waals surface area contributed by atoms with Crippen LogP contribution < -0.4 is 9.47 Å². The number of hydrogen-bond acceptors (Lipinski definition) is 8. The standard InChI is InChI=1S/C24H34N4O5/c29-20-9-10-21(30)33-23-22-19(32-20)8-4-12-28(22)25-24(23)31-17-5-11-26-13-15-27(16-14-26)18-6-2-1-3-7-18/h9-10,18-19H,1-8,11-17H2/b10-9-. The monoisotopic (exact) mass is 458 g/mol. The summed E-state index contributed by atoms with van der Waals surface area (Å²) in [7, 11) is 0. The Bertz CT molecular complexity index is 884. The topological polar surface area (TPSA) is 86.1 Å². The summed E-state index contributed by atoms with van der Waals surface area (Å²) in [4.78, 5) is 29.3. The quantitative estimate of drug-likeness (QED) is 0.475. The molecular weight excluding hydrogens is 424 g/mol. The maximum Gasteiger partial charge on any atom is 0.336 e. The minimum atomic E-state index is -0.630. The number of nitrogens with zero attached hydrogens (tertiary/aromatic N) is 4. The molecule has 2 fully saturated rings. The highest BCUT2D eigenvalue weighted by atomic mass is 16.6. The average molecular weight is 459 g/mol. The van der Waals surface area contributed by atoms with Gasteiger partial charge >= 0.3 is 11.9 Å². The second kappa shape index (κ2) is 10.3. The molecule has 0 radical (unpaired) electrons. The van der Waals surface area contributed by atoms with Crippen LogP contribution in [0.5, 0.6) is 11.6 Å². The van der Waals surface area contributed by atoms with Crippen LogP contribution in [0, 0.1) is 0 Å². The van der Waals surface area contributed by atoms with Gasteiger partial charge in [0.25, 0.3) is 5.88 Å². The summed E-state index contributed by atoms with van der Waals surface area (Å²) in [5.74, 6) is -0.593. The molecular formula is C24H34N4O5. The first-order chi connectivity index (χ1) is 16.2. The van der Waals surface area contributed by atoms with E-state index in [0.717, 1.165) is 63.8 Å². The predicted molar refractivity (Wildman–Crippen MR) is 120 cm³/mol. The van der Waals surface area contributed by atoms with Crippen LogP contribution in [0.2, 0.25) is 0 Å². The van der Waals surface area contributed by atoms with Gasteiger partial charge in [-0.2, -0.15) is 0 Å². The van der Waals surface area contributed by atoms with Crippen LogP contribution in [0.15, 0.2) is 12.2 Å². The molecule has 0 N–H and O–H groups in total. The van der Waals surface area contributed by atoms with E-state index in [0.29, 0.717) is 31.1 Å². The van der Waals surface area contributed by atoms with Gasteiger partial charge in [-0.25, -0.2) is 9.59 Å². The van der Waals surface area contributed by atoms with Crippen molar-refractivity contribution in [3.63, 3.8) is 0 Å². The Morgan fingerprint density at radius 3 is 2.55 bits per heavy atom. The first-order valence-corrected chi connectivity index (χ1v) is 12.5. The maximum atomic E-state index is 12.1. The molecule has 1 aromatic heterocycles. The van der Waals surface area contributed by atoms with Crippen molar-refractivity contribution in [1.29, 1.82) is 0 Å². The molecule has 9 heteroatoms. The Labute approximate surface area is 194 Å². The third-order valence-electron chi connectivity index (χ3n) is 7.23. The maximum absolute atomic E-state index is 12.1. The normalized spacial score (nSPS) is 25.9. The van der Waals surface area contributed by atoms with Gasteiger partial charge in [-0.05, 0) is 32.1 Å². The van der Waals surface area contributed by atoms with Crippen molar-refractivity contribution < 1.29 is 23.8 Å². The molecule has 0 aromatic carbocycles. The largest absolute Gasteiger partial charge is 0.474 e. The van der Waals surface area contributed by atoms with Gasteiger partial charge in [-0.3, -0.25) is 9.58 Å². The van der Waals surface area contributed by atoms with Crippen LogP contribution in [0.4, 0.5) is 0 Å². The molecule has 0 spiro atoms. The molecule has 180 valence electrons. The second-order valence-electron chi connectivity index (χ2n) is 9.44. The molecule has 4 heterocycles. The van der Waals surface area contributed by atoms with Gasteiger partial charge in [-0.1, -0.05) is 19.3 Å². The molecule has 1 saturated heterocycles. The lowest BCUT2D eigenvalue weighted by atomic mass is 9.94. The number of carbonyl (C=O) groups excluding carboxylic acids is 2. The summed E-state index contributed by atoms with van der Waals surface area (Å²) in [6, 6.07) is 0.797. The summed E-state index contributed by atoms with van der Waals surface area (Å²) in [6.45, 7) is 6.68. The number of aryl methyl sites for hydroxylation is 1. The van der Waals surface area contributed by atoms with Crippen molar-refractivity contribution in [2.24, 2.45) is 0 Å². The minimum Gasteiger partial charge on any atom is -0.474 e. The number of esters is 2. The molecule has 1 atom stereocenters. The molecule has 1 aromatic rings. The SMILES string of the molecule is O=C1/C=C\C(=O)OC2CCCn3nc(OCCCN4CCN(C5CCCCC5)CC4)c(c32)O1. The lowest BCUT2D eigenvalue weighted by Gasteiger charge is -2.40. The minimum absolute atomic E-state index is 0.283. The Hall–Kier alpha value is -2.39. The van der Waals surface area contributed by atoms with Gasteiger partial charge in [0.05, 0.1) is 6.61 Å². The van der Waals surface area contributed by atoms with E-state index in [1.165, 1.54) is 32.1 Å². The highest BCUT2D eigenvalue weighted by Crippen LogP contribution is 2.41. The molecule has 33 heavy (non-hydrogen) atoms. The van der Waals surface area contributed by atoms with E-state index in [1.807, 2.05) is 0 Å². The highest BCUT2D eigenvalue weighted by molar-refractivity contribution is 5.93. The molecule has 0 bridgehead atoms. The smallest absolute Gasteiger partial charge is 0.336 e. The molecule has 1 aliphatic carbocycles. The van der Waals surface area contributed by atoms with Gasteiger partial charge in [-0.15, -0.1) is 5.10 Å². The van der Waals surface area contributed by atoms with Crippen molar-refractivity contribution in [2.75, 3.05) is 39.3 Å². The van der Waals surface area contributed by atoms with Crippen molar-refractivity contribution in [3.8, 4) is 11.6 Å². The van der Waals surface area contributed by atoms with Crippen LogP contribution in [0.1, 0.15) is 63.2 Å². The first kappa shape index (κ1) is 22.4. The van der Waals surface area contributed by atoms with Gasteiger partial charge < -0.3 is 19.1 Å². The molecule has 1 saturated carbocycles. The molecule has 5 rings (SSSR count). The van der Waals surface area contributed by atoms with Crippen molar-refractivity contribution in [1.82, 2.24) is 19.6 Å². The lowest BCUT2D eigenvalue weighted by Crippen LogP contribution is -2.50. The third-order valence-corrected chi connectivity index (χ3v) is 7.23. The number of piperazine rings is 1. The lowest BCUT2D eigenvalue weighted by molar-refractivity contribution is -0.144. The van der Waals surface area contributed by atoms with Gasteiger partial charge in [0.15, 0.2) is 0 Å². The Morgan fingerprint density at radius 1 is 0.939 bits per heavy atom. The van der Waals surface area contributed by atoms with E-state index in [9.17, 15) is 9.59 Å². The summed E-state index contributed by atoms with van der Waals surface area (Å²) < 4.78 is 18.7. The Balaban J connectivity index is 1.14. The van der Waals surface area contributed by atoms with Crippen molar-refractivity contribution in [3.05, 3.63) is 17.8 Å². The summed E-state index contributed by atoms with van der Waals surface area (Å²) in [5.41, 5.74) is 0.612. The molecule has 9 nitrogen and oxygen atoms in total. The van der Waals surface area contributed by atoms with E-state index < -0.39 is 18.0 Å². The number of rotatable bonds is 6. The summed E-state index contributed by atoms with van der Waals surface area (Å²) in [6.07, 6.45) is 11.0. The fraction of sp³-hybridized carbons (Fsp3) is 0.708. The zero-order chi connectivity index (χ0) is 22.6. The highest BCUT2D eigenvalue weighted by Gasteiger charge is 2.34. The number of hydrogen-bond donors (Lipinski definition) is 0. The van der Waals surface area contributed by atoms with E-state index in [4.69, 9.17) is 14.2 Å². The Kier molecular flexibility index (Phi) is 6.96. The number of aromatic nitrogens is 2. The van der Waals surface area contributed by atoms with Crippen LogP contribution in [0.25, 0.3) is 0 Å². The van der Waals surface area contributed by atoms with Crippen LogP contribution in [-0.2, 0) is 20.9 Å². The molecule has 4 aliphatic rings. The fourth-order valence-corrected chi connectivity index (χ4v) is 5.49.